The predicted octanol–water partition coefficient (Wildman–Crippen LogP) is 1.82. The fraction of sp³-hybridized carbons (Fsp3) is 0.182. The highest BCUT2D eigenvalue weighted by Gasteiger charge is 2.19. The molecule has 2 aromatic rings. The van der Waals surface area contributed by atoms with Gasteiger partial charge in [0.25, 0.3) is 5.91 Å². The largest absolute Gasteiger partial charge is 0.495 e. The predicted molar refractivity (Wildman–Crippen MR) is 65.6 cm³/mol. The number of rotatable bonds is 3. The smallest absolute Gasteiger partial charge is 0.271 e. The Morgan fingerprint density at radius 2 is 2.24 bits per heavy atom. The first-order chi connectivity index (χ1) is 8.24. The Bertz CT molecular complexity index is 512. The van der Waals surface area contributed by atoms with E-state index in [1.807, 2.05) is 5.38 Å². The maximum absolute atomic E-state index is 12.2. The van der Waals surface area contributed by atoms with Crippen molar-refractivity contribution < 1.29 is 9.53 Å². The number of nitrogens with zero attached hydrogens (tertiary/aromatic N) is 3. The van der Waals surface area contributed by atoms with Crippen LogP contribution >= 0.6 is 11.3 Å². The van der Waals surface area contributed by atoms with Gasteiger partial charge in [-0.15, -0.1) is 11.3 Å². The number of carbonyl (C=O) groups is 1. The Morgan fingerprint density at radius 3 is 2.88 bits per heavy atom. The van der Waals surface area contributed by atoms with E-state index in [9.17, 15) is 4.79 Å². The molecular weight excluding hydrogens is 238 g/mol. The lowest BCUT2D eigenvalue weighted by atomic mass is 10.3. The van der Waals surface area contributed by atoms with Crippen molar-refractivity contribution in [3.63, 3.8) is 0 Å². The van der Waals surface area contributed by atoms with Gasteiger partial charge in [-0.25, -0.2) is 0 Å². The summed E-state index contributed by atoms with van der Waals surface area (Å²) in [6, 6.07) is 3.50. The number of hydrogen-bond acceptors (Lipinski definition) is 5. The lowest BCUT2D eigenvalue weighted by Gasteiger charge is -2.16. The molecule has 0 aromatic carbocycles. The van der Waals surface area contributed by atoms with Gasteiger partial charge in [0, 0.05) is 7.05 Å². The van der Waals surface area contributed by atoms with E-state index in [4.69, 9.17) is 4.74 Å². The van der Waals surface area contributed by atoms with Gasteiger partial charge >= 0.3 is 0 Å². The highest BCUT2D eigenvalue weighted by atomic mass is 32.1. The third-order valence-electron chi connectivity index (χ3n) is 2.30. The van der Waals surface area contributed by atoms with E-state index in [-0.39, 0.29) is 5.91 Å². The molecular formula is C11H11N3O2S. The second kappa shape index (κ2) is 4.92. The van der Waals surface area contributed by atoms with Gasteiger partial charge in [0.1, 0.15) is 10.6 Å². The lowest BCUT2D eigenvalue weighted by Crippen LogP contribution is -2.25. The summed E-state index contributed by atoms with van der Waals surface area (Å²) in [5, 5.41) is 9.24. The minimum Gasteiger partial charge on any atom is -0.495 e. The number of methoxy groups -OCH3 is 1. The molecule has 2 rings (SSSR count). The maximum atomic E-state index is 12.2. The van der Waals surface area contributed by atoms with Crippen molar-refractivity contribution in [2.45, 2.75) is 0 Å². The number of ether oxygens (including phenoxy) is 1. The van der Waals surface area contributed by atoms with Gasteiger partial charge in [0.15, 0.2) is 0 Å². The number of thiophene rings is 1. The lowest BCUT2D eigenvalue weighted by molar-refractivity contribution is 0.0994. The van der Waals surface area contributed by atoms with Gasteiger partial charge in [0.05, 0.1) is 25.2 Å². The van der Waals surface area contributed by atoms with Crippen LogP contribution in [0.15, 0.2) is 29.9 Å². The first kappa shape index (κ1) is 11.5. The van der Waals surface area contributed by atoms with Crippen molar-refractivity contribution in [3.05, 3.63) is 34.8 Å². The van der Waals surface area contributed by atoms with Crippen LogP contribution in [-0.4, -0.2) is 30.3 Å². The molecule has 2 heterocycles. The summed E-state index contributed by atoms with van der Waals surface area (Å²) >= 11 is 1.35. The van der Waals surface area contributed by atoms with Gasteiger partial charge in [-0.2, -0.15) is 10.2 Å². The third-order valence-corrected chi connectivity index (χ3v) is 3.19. The van der Waals surface area contributed by atoms with Crippen molar-refractivity contribution in [2.75, 3.05) is 19.1 Å². The van der Waals surface area contributed by atoms with Crippen molar-refractivity contribution in [1.29, 1.82) is 0 Å². The molecule has 0 bridgehead atoms. The molecule has 0 aliphatic heterocycles. The van der Waals surface area contributed by atoms with E-state index in [2.05, 4.69) is 10.2 Å². The maximum Gasteiger partial charge on any atom is 0.271 e. The standard InChI is InChI=1S/C11H11N3O2S/c1-14(8-3-5-12-13-7-8)11(15)10-9(16-2)4-6-17-10/h3-7H,1-2H3. The van der Waals surface area contributed by atoms with E-state index >= 15 is 0 Å². The van der Waals surface area contributed by atoms with Crippen molar-refractivity contribution in [1.82, 2.24) is 10.2 Å². The molecule has 17 heavy (non-hydrogen) atoms. The molecule has 0 atom stereocenters. The average molecular weight is 249 g/mol. The number of aromatic nitrogens is 2. The highest BCUT2D eigenvalue weighted by molar-refractivity contribution is 7.12. The molecule has 0 N–H and O–H groups in total. The monoisotopic (exact) mass is 249 g/mol. The van der Waals surface area contributed by atoms with Gasteiger partial charge in [-0.1, -0.05) is 0 Å². The summed E-state index contributed by atoms with van der Waals surface area (Å²) in [4.78, 5) is 14.3. The molecule has 2 aromatic heterocycles. The minimum absolute atomic E-state index is 0.121. The van der Waals surface area contributed by atoms with Crippen LogP contribution in [-0.2, 0) is 0 Å². The van der Waals surface area contributed by atoms with Crippen LogP contribution in [0.25, 0.3) is 0 Å². The second-order valence-corrected chi connectivity index (χ2v) is 4.20. The molecule has 0 saturated heterocycles. The van der Waals surface area contributed by atoms with Crippen molar-refractivity contribution in [3.8, 4) is 5.75 Å². The topological polar surface area (TPSA) is 55.3 Å². The van der Waals surface area contributed by atoms with Crippen LogP contribution in [0.2, 0.25) is 0 Å². The van der Waals surface area contributed by atoms with Crippen LogP contribution < -0.4 is 9.64 Å². The average Bonchev–Trinajstić information content (AvgIpc) is 2.86. The Hall–Kier alpha value is -1.95. The number of amides is 1. The third kappa shape index (κ3) is 2.26. The molecule has 5 nitrogen and oxygen atoms in total. The van der Waals surface area contributed by atoms with Gasteiger partial charge in [0.2, 0.25) is 0 Å². The fourth-order valence-electron chi connectivity index (χ4n) is 1.37. The van der Waals surface area contributed by atoms with E-state index in [0.29, 0.717) is 16.3 Å². The highest BCUT2D eigenvalue weighted by Crippen LogP contribution is 2.26. The van der Waals surface area contributed by atoms with E-state index in [1.165, 1.54) is 22.4 Å². The van der Waals surface area contributed by atoms with E-state index < -0.39 is 0 Å². The first-order valence-electron chi connectivity index (χ1n) is 4.90. The van der Waals surface area contributed by atoms with Crippen LogP contribution in [0, 0.1) is 0 Å². The van der Waals surface area contributed by atoms with Crippen LogP contribution in [0.3, 0.4) is 0 Å². The molecule has 0 aliphatic rings. The van der Waals surface area contributed by atoms with Gasteiger partial charge < -0.3 is 9.64 Å². The quantitative estimate of drug-likeness (QED) is 0.832. The van der Waals surface area contributed by atoms with E-state index in [1.54, 1.807) is 32.5 Å². The Kier molecular flexibility index (Phi) is 3.34. The molecule has 0 spiro atoms. The molecule has 0 radical (unpaired) electrons. The summed E-state index contributed by atoms with van der Waals surface area (Å²) in [7, 11) is 3.24. The van der Waals surface area contributed by atoms with Crippen molar-refractivity contribution >= 4 is 22.9 Å². The summed E-state index contributed by atoms with van der Waals surface area (Å²) in [6.45, 7) is 0. The van der Waals surface area contributed by atoms with Gasteiger partial charge in [-0.3, -0.25) is 4.79 Å². The molecule has 0 saturated carbocycles. The fourth-order valence-corrected chi connectivity index (χ4v) is 2.20. The van der Waals surface area contributed by atoms with Gasteiger partial charge in [-0.05, 0) is 17.5 Å². The SMILES string of the molecule is COc1ccsc1C(=O)N(C)c1ccnnc1. The molecule has 0 fully saturated rings. The Labute approximate surface area is 103 Å². The summed E-state index contributed by atoms with van der Waals surface area (Å²) in [5.74, 6) is 0.471. The number of carbonyl (C=O) groups excluding carboxylic acids is 1. The molecule has 1 amide bonds. The number of hydrogen-bond donors (Lipinski definition) is 0. The minimum atomic E-state index is -0.121. The zero-order chi connectivity index (χ0) is 12.3. The van der Waals surface area contributed by atoms with Crippen LogP contribution in [0.4, 0.5) is 5.69 Å². The normalized spacial score (nSPS) is 10.0. The Balaban J connectivity index is 2.27. The number of anilines is 1. The molecule has 0 aliphatic carbocycles. The zero-order valence-corrected chi connectivity index (χ0v) is 10.3. The van der Waals surface area contributed by atoms with E-state index in [0.717, 1.165) is 0 Å². The molecule has 0 unspecified atom stereocenters. The molecule has 88 valence electrons. The Morgan fingerprint density at radius 1 is 1.41 bits per heavy atom. The molecule has 6 heteroatoms. The summed E-state index contributed by atoms with van der Waals surface area (Å²) < 4.78 is 5.13. The summed E-state index contributed by atoms with van der Waals surface area (Å²) in [6.07, 6.45) is 3.09. The second-order valence-electron chi connectivity index (χ2n) is 3.28. The van der Waals surface area contributed by atoms with Crippen molar-refractivity contribution in [2.24, 2.45) is 0 Å². The summed E-state index contributed by atoms with van der Waals surface area (Å²) in [5.41, 5.74) is 0.695. The van der Waals surface area contributed by atoms with Crippen LogP contribution in [0.1, 0.15) is 9.67 Å². The zero-order valence-electron chi connectivity index (χ0n) is 9.45. The van der Waals surface area contributed by atoms with Crippen LogP contribution in [0.5, 0.6) is 5.75 Å². The first-order valence-corrected chi connectivity index (χ1v) is 5.78.